The van der Waals surface area contributed by atoms with E-state index >= 15 is 0 Å². The first-order valence-electron chi connectivity index (χ1n) is 21.3. The van der Waals surface area contributed by atoms with Crippen LogP contribution in [0.25, 0.3) is 0 Å². The van der Waals surface area contributed by atoms with Crippen LogP contribution in [-0.4, -0.2) is 47.8 Å². The average Bonchev–Trinajstić information content (AvgIpc) is 3.10. The molecule has 0 spiro atoms. The first-order valence-corrected chi connectivity index (χ1v) is 22.8. The van der Waals surface area contributed by atoms with Crippen molar-refractivity contribution in [1.29, 1.82) is 0 Å². The maximum absolute atomic E-state index is 12.7. The van der Waals surface area contributed by atoms with Gasteiger partial charge in [0.05, 0.1) is 25.4 Å². The van der Waals surface area contributed by atoms with Gasteiger partial charge in [0.15, 0.2) is 0 Å². The van der Waals surface area contributed by atoms with Crippen LogP contribution >= 0.6 is 7.82 Å². The minimum absolute atomic E-state index is 0.0811. The Hall–Kier alpha value is -0.760. The molecule has 0 aliphatic carbocycles. The van der Waals surface area contributed by atoms with Crippen LogP contribution in [0.4, 0.5) is 0 Å². The van der Waals surface area contributed by atoms with Gasteiger partial charge in [0.25, 0.3) is 0 Å². The summed E-state index contributed by atoms with van der Waals surface area (Å²) in [7, 11) is -4.33. The predicted molar refractivity (Wildman–Crippen MR) is 212 cm³/mol. The molecule has 0 radical (unpaired) electrons. The van der Waals surface area contributed by atoms with Gasteiger partial charge in [-0.2, -0.15) is 0 Å². The quantitative estimate of drug-likeness (QED) is 0.0280. The van der Waals surface area contributed by atoms with E-state index in [1.807, 2.05) is 6.08 Å². The fourth-order valence-corrected chi connectivity index (χ4v) is 7.13. The van der Waals surface area contributed by atoms with E-state index in [-0.39, 0.29) is 25.7 Å². The van der Waals surface area contributed by atoms with Crippen LogP contribution in [-0.2, 0) is 18.4 Å². The van der Waals surface area contributed by atoms with E-state index in [4.69, 9.17) is 14.8 Å². The van der Waals surface area contributed by atoms with Crippen molar-refractivity contribution in [3.05, 3.63) is 12.2 Å². The number of rotatable bonds is 40. The molecule has 0 rings (SSSR count). The maximum Gasteiger partial charge on any atom is 0.472 e. The SMILES string of the molecule is CCCCCCCCCCC/C=C/C(O)C(COP(=O)(O)OCCN)NC(=O)CCCCCCCCCCCCCCCCCCCCCC. The van der Waals surface area contributed by atoms with Crippen molar-refractivity contribution in [2.24, 2.45) is 5.73 Å². The molecule has 0 saturated heterocycles. The number of nitrogens with two attached hydrogens (primary N) is 1. The largest absolute Gasteiger partial charge is 0.472 e. The molecule has 0 aromatic heterocycles. The van der Waals surface area contributed by atoms with Crippen LogP contribution in [0.15, 0.2) is 12.2 Å². The Labute approximate surface area is 309 Å². The Bertz CT molecular complexity index is 799. The van der Waals surface area contributed by atoms with E-state index in [2.05, 4.69) is 19.2 Å². The van der Waals surface area contributed by atoms with Crippen LogP contribution in [0.5, 0.6) is 0 Å². The topological polar surface area (TPSA) is 131 Å². The van der Waals surface area contributed by atoms with E-state index in [0.717, 1.165) is 38.5 Å². The highest BCUT2D eigenvalue weighted by Crippen LogP contribution is 2.43. The number of amides is 1. The zero-order valence-electron chi connectivity index (χ0n) is 32.9. The molecule has 1 amide bonds. The summed E-state index contributed by atoms with van der Waals surface area (Å²) in [6.45, 7) is 4.14. The molecule has 0 aromatic carbocycles. The molecular formula is C41H83N2O6P. The number of phosphoric acid groups is 1. The van der Waals surface area contributed by atoms with Gasteiger partial charge >= 0.3 is 7.82 Å². The van der Waals surface area contributed by atoms with Crippen molar-refractivity contribution >= 4 is 13.7 Å². The molecule has 298 valence electrons. The second kappa shape index (κ2) is 38.0. The van der Waals surface area contributed by atoms with Crippen molar-refractivity contribution in [2.75, 3.05) is 19.8 Å². The van der Waals surface area contributed by atoms with Gasteiger partial charge in [-0.05, 0) is 19.3 Å². The highest BCUT2D eigenvalue weighted by Gasteiger charge is 2.26. The van der Waals surface area contributed by atoms with Crippen LogP contribution in [0, 0.1) is 0 Å². The Kier molecular flexibility index (Phi) is 37.4. The smallest absolute Gasteiger partial charge is 0.387 e. The first kappa shape index (κ1) is 49.2. The van der Waals surface area contributed by atoms with E-state index in [1.54, 1.807) is 6.08 Å². The molecular weight excluding hydrogens is 647 g/mol. The Morgan fingerprint density at radius 3 is 1.42 bits per heavy atom. The van der Waals surface area contributed by atoms with Crippen molar-refractivity contribution in [3.63, 3.8) is 0 Å². The summed E-state index contributed by atoms with van der Waals surface area (Å²) >= 11 is 0. The molecule has 0 aromatic rings. The number of phosphoric ester groups is 1. The summed E-state index contributed by atoms with van der Waals surface area (Å²) in [5.74, 6) is -0.192. The lowest BCUT2D eigenvalue weighted by molar-refractivity contribution is -0.123. The number of unbranched alkanes of at least 4 members (excludes halogenated alkanes) is 28. The summed E-state index contributed by atoms with van der Waals surface area (Å²) in [5, 5.41) is 13.6. The molecule has 0 saturated carbocycles. The molecule has 9 heteroatoms. The van der Waals surface area contributed by atoms with Gasteiger partial charge in [0, 0.05) is 13.0 Å². The summed E-state index contributed by atoms with van der Waals surface area (Å²) in [6, 6.07) is -0.853. The number of aliphatic hydroxyl groups is 1. The van der Waals surface area contributed by atoms with Gasteiger partial charge in [0.2, 0.25) is 5.91 Å². The molecule has 5 N–H and O–H groups in total. The van der Waals surface area contributed by atoms with E-state index in [1.165, 1.54) is 154 Å². The minimum atomic E-state index is -4.33. The Balaban J connectivity index is 4.10. The number of carbonyl (C=O) groups is 1. The second-order valence-electron chi connectivity index (χ2n) is 14.6. The number of hydrogen-bond acceptors (Lipinski definition) is 6. The molecule has 0 bridgehead atoms. The standard InChI is InChI=1S/C41H83N2O6P/c1-3-5-7-9-11-13-15-16-17-18-19-20-21-22-23-25-27-29-31-33-35-41(45)43-39(38-49-50(46,47)48-37-36-42)40(44)34-32-30-28-26-24-14-12-10-8-6-4-2/h32,34,39-40,44H,3-31,33,35-38,42H2,1-2H3,(H,43,45)(H,46,47)/b34-32+. The van der Waals surface area contributed by atoms with Crippen molar-refractivity contribution in [2.45, 2.75) is 225 Å². The fourth-order valence-electron chi connectivity index (χ4n) is 6.37. The third-order valence-electron chi connectivity index (χ3n) is 9.61. The van der Waals surface area contributed by atoms with Gasteiger partial charge in [-0.15, -0.1) is 0 Å². The van der Waals surface area contributed by atoms with E-state index in [0.29, 0.717) is 6.42 Å². The van der Waals surface area contributed by atoms with E-state index in [9.17, 15) is 19.4 Å². The van der Waals surface area contributed by atoms with E-state index < -0.39 is 20.0 Å². The molecule has 0 aliphatic rings. The van der Waals surface area contributed by atoms with Crippen molar-refractivity contribution in [3.8, 4) is 0 Å². The van der Waals surface area contributed by atoms with Crippen molar-refractivity contribution in [1.82, 2.24) is 5.32 Å². The first-order chi connectivity index (χ1) is 24.4. The molecule has 0 fully saturated rings. The predicted octanol–water partition coefficient (Wildman–Crippen LogP) is 11.6. The molecule has 0 heterocycles. The molecule has 50 heavy (non-hydrogen) atoms. The lowest BCUT2D eigenvalue weighted by atomic mass is 10.0. The Morgan fingerprint density at radius 1 is 0.640 bits per heavy atom. The number of aliphatic hydroxyl groups excluding tert-OH is 1. The number of carbonyl (C=O) groups excluding carboxylic acids is 1. The monoisotopic (exact) mass is 731 g/mol. The van der Waals surface area contributed by atoms with Gasteiger partial charge < -0.3 is 21.1 Å². The summed E-state index contributed by atoms with van der Waals surface area (Å²) < 4.78 is 22.1. The van der Waals surface area contributed by atoms with Crippen LogP contribution in [0.1, 0.15) is 213 Å². The number of hydrogen-bond donors (Lipinski definition) is 4. The summed E-state index contributed by atoms with van der Waals surface area (Å²) in [6.07, 6.45) is 41.2. The fraction of sp³-hybridized carbons (Fsp3) is 0.927. The Morgan fingerprint density at radius 2 is 1.02 bits per heavy atom. The number of allylic oxidation sites excluding steroid dienone is 1. The van der Waals surface area contributed by atoms with Gasteiger partial charge in [0.1, 0.15) is 0 Å². The van der Waals surface area contributed by atoms with Gasteiger partial charge in [-0.25, -0.2) is 4.57 Å². The molecule has 8 nitrogen and oxygen atoms in total. The van der Waals surface area contributed by atoms with Gasteiger partial charge in [-0.1, -0.05) is 199 Å². The van der Waals surface area contributed by atoms with Crippen LogP contribution in [0.2, 0.25) is 0 Å². The average molecular weight is 731 g/mol. The highest BCUT2D eigenvalue weighted by atomic mass is 31.2. The number of nitrogens with one attached hydrogen (secondary N) is 1. The lowest BCUT2D eigenvalue weighted by Gasteiger charge is -2.23. The third kappa shape index (κ3) is 35.6. The van der Waals surface area contributed by atoms with Crippen LogP contribution < -0.4 is 11.1 Å². The molecule has 0 aliphatic heterocycles. The lowest BCUT2D eigenvalue weighted by Crippen LogP contribution is -2.45. The zero-order chi connectivity index (χ0) is 36.8. The summed E-state index contributed by atoms with van der Waals surface area (Å²) in [4.78, 5) is 22.6. The molecule has 3 unspecified atom stereocenters. The third-order valence-corrected chi connectivity index (χ3v) is 10.6. The molecule has 3 atom stereocenters. The van der Waals surface area contributed by atoms with Crippen LogP contribution in [0.3, 0.4) is 0 Å². The highest BCUT2D eigenvalue weighted by molar-refractivity contribution is 7.47. The second-order valence-corrected chi connectivity index (χ2v) is 16.0. The minimum Gasteiger partial charge on any atom is -0.387 e. The van der Waals surface area contributed by atoms with Gasteiger partial charge in [-0.3, -0.25) is 13.8 Å². The van der Waals surface area contributed by atoms with Crippen molar-refractivity contribution < 1.29 is 28.4 Å². The maximum atomic E-state index is 12.7. The normalized spacial score (nSPS) is 14.3. The zero-order valence-corrected chi connectivity index (χ0v) is 33.8. The summed E-state index contributed by atoms with van der Waals surface area (Å²) in [5.41, 5.74) is 5.36.